The summed E-state index contributed by atoms with van der Waals surface area (Å²) in [7, 11) is 3.34. The second-order valence-corrected chi connectivity index (χ2v) is 7.53. The maximum Gasteiger partial charge on any atom is 0.221 e. The number of methoxy groups -OCH3 is 1. The number of rotatable bonds is 3. The fraction of sp³-hybridized carbons (Fsp3) is 0.294. The van der Waals surface area contributed by atoms with Gasteiger partial charge in [-0.05, 0) is 18.6 Å². The number of nitrogens with zero attached hydrogens (tertiary/aromatic N) is 3. The summed E-state index contributed by atoms with van der Waals surface area (Å²) in [5.41, 5.74) is 5.65. The molecule has 7 heteroatoms. The van der Waals surface area contributed by atoms with Crippen LogP contribution in [0.1, 0.15) is 16.8 Å². The zero-order valence-electron chi connectivity index (χ0n) is 13.5. The topological polar surface area (TPSA) is 52.0 Å². The van der Waals surface area contributed by atoms with Crippen LogP contribution in [0.2, 0.25) is 0 Å². The highest BCUT2D eigenvalue weighted by atomic mass is 127. The summed E-state index contributed by atoms with van der Waals surface area (Å²) in [5, 5.41) is 4.56. The molecule has 0 fully saturated rings. The zero-order valence-corrected chi connectivity index (χ0v) is 16.4. The molecule has 0 radical (unpaired) electrons. The van der Waals surface area contributed by atoms with Gasteiger partial charge in [-0.15, -0.1) is 0 Å². The first-order valence-corrected chi connectivity index (χ1v) is 11.1. The van der Waals surface area contributed by atoms with Crippen LogP contribution in [0, 0.1) is 6.92 Å². The predicted octanol–water partition coefficient (Wildman–Crippen LogP) is 3.91. The molecule has 0 bridgehead atoms. The third-order valence-electron chi connectivity index (χ3n) is 4.39. The highest BCUT2D eigenvalue weighted by molar-refractivity contribution is 14.2. The van der Waals surface area contributed by atoms with Crippen molar-refractivity contribution in [3.05, 3.63) is 41.2 Å². The van der Waals surface area contributed by atoms with E-state index in [0.717, 1.165) is 42.2 Å². The molecule has 1 aliphatic rings. The molecular formula is C17H17IN4OS. The molecule has 0 atom stereocenters. The maximum atomic E-state index is 5.54. The number of aryl methyl sites for hydroxylation is 1. The first-order chi connectivity index (χ1) is 11.7. The molecule has 1 aromatic carbocycles. The Labute approximate surface area is 156 Å². The van der Waals surface area contributed by atoms with Crippen LogP contribution in [-0.4, -0.2) is 27.6 Å². The van der Waals surface area contributed by atoms with Crippen molar-refractivity contribution >= 4 is 41.2 Å². The van der Waals surface area contributed by atoms with E-state index in [1.165, 1.54) is 16.5 Å². The van der Waals surface area contributed by atoms with Crippen molar-refractivity contribution in [3.8, 4) is 17.3 Å². The fourth-order valence-electron chi connectivity index (χ4n) is 3.29. The average molecular weight is 452 g/mol. The molecule has 3 heterocycles. The SMILES string of the molecule is COc1nc(-c2cccc3c2c(C)cn3SI)nc2c1CNCC2. The van der Waals surface area contributed by atoms with Crippen LogP contribution in [0.25, 0.3) is 22.3 Å². The number of hydrogen-bond acceptors (Lipinski definition) is 5. The van der Waals surface area contributed by atoms with Crippen molar-refractivity contribution in [3.63, 3.8) is 0 Å². The summed E-state index contributed by atoms with van der Waals surface area (Å²) in [6, 6.07) is 6.30. The van der Waals surface area contributed by atoms with E-state index in [1.54, 1.807) is 16.2 Å². The van der Waals surface area contributed by atoms with Crippen LogP contribution >= 0.6 is 30.3 Å². The van der Waals surface area contributed by atoms with E-state index in [2.05, 4.69) is 61.8 Å². The number of halogens is 1. The van der Waals surface area contributed by atoms with Gasteiger partial charge in [0.1, 0.15) is 0 Å². The van der Waals surface area contributed by atoms with Crippen LogP contribution in [0.3, 0.4) is 0 Å². The third kappa shape index (κ3) is 2.58. The molecule has 24 heavy (non-hydrogen) atoms. The molecule has 1 N–H and O–H groups in total. The molecule has 1 aliphatic heterocycles. The van der Waals surface area contributed by atoms with Gasteiger partial charge in [-0.25, -0.2) is 4.98 Å². The summed E-state index contributed by atoms with van der Waals surface area (Å²) < 4.78 is 7.72. The lowest BCUT2D eigenvalue weighted by molar-refractivity contribution is 0.386. The lowest BCUT2D eigenvalue weighted by Gasteiger charge is -2.19. The molecule has 3 aromatic rings. The Morgan fingerprint density at radius 2 is 2.21 bits per heavy atom. The Hall–Kier alpha value is -1.32. The van der Waals surface area contributed by atoms with Gasteiger partial charge in [-0.3, -0.25) is 3.97 Å². The molecule has 0 saturated carbocycles. The summed E-state index contributed by atoms with van der Waals surface area (Å²) in [6.45, 7) is 3.84. The second kappa shape index (κ2) is 6.53. The summed E-state index contributed by atoms with van der Waals surface area (Å²) in [4.78, 5) is 9.58. The van der Waals surface area contributed by atoms with Gasteiger partial charge < -0.3 is 10.1 Å². The van der Waals surface area contributed by atoms with Gasteiger partial charge in [0, 0.05) is 72.5 Å². The summed E-state index contributed by atoms with van der Waals surface area (Å²) in [6.07, 6.45) is 3.06. The third-order valence-corrected chi connectivity index (χ3v) is 6.11. The monoisotopic (exact) mass is 452 g/mol. The smallest absolute Gasteiger partial charge is 0.221 e. The van der Waals surface area contributed by atoms with E-state index in [0.29, 0.717) is 5.88 Å². The van der Waals surface area contributed by atoms with Crippen molar-refractivity contribution in [2.75, 3.05) is 13.7 Å². The molecular weight excluding hydrogens is 435 g/mol. The number of nitrogens with one attached hydrogen (secondary N) is 1. The Balaban J connectivity index is 1.96. The van der Waals surface area contributed by atoms with Crippen molar-refractivity contribution in [1.82, 2.24) is 19.3 Å². The highest BCUT2D eigenvalue weighted by Gasteiger charge is 2.20. The van der Waals surface area contributed by atoms with Crippen molar-refractivity contribution in [1.29, 1.82) is 0 Å². The van der Waals surface area contributed by atoms with Gasteiger partial charge in [0.15, 0.2) is 5.82 Å². The van der Waals surface area contributed by atoms with Crippen molar-refractivity contribution in [2.45, 2.75) is 19.9 Å². The van der Waals surface area contributed by atoms with Crippen LogP contribution in [0.4, 0.5) is 0 Å². The fourth-order valence-corrected chi connectivity index (χ4v) is 4.70. The minimum Gasteiger partial charge on any atom is -0.481 e. The lowest BCUT2D eigenvalue weighted by Crippen LogP contribution is -2.25. The van der Waals surface area contributed by atoms with E-state index in [4.69, 9.17) is 14.7 Å². The molecule has 0 unspecified atom stereocenters. The van der Waals surface area contributed by atoms with Gasteiger partial charge in [0.25, 0.3) is 0 Å². The molecule has 0 aliphatic carbocycles. The first-order valence-electron chi connectivity index (χ1n) is 7.77. The van der Waals surface area contributed by atoms with Crippen LogP contribution < -0.4 is 10.1 Å². The Morgan fingerprint density at radius 3 is 3.00 bits per heavy atom. The molecule has 4 rings (SSSR count). The summed E-state index contributed by atoms with van der Waals surface area (Å²) >= 11 is 2.30. The van der Waals surface area contributed by atoms with Crippen molar-refractivity contribution < 1.29 is 4.74 Å². The molecule has 0 saturated heterocycles. The first kappa shape index (κ1) is 16.2. The van der Waals surface area contributed by atoms with E-state index < -0.39 is 0 Å². The number of benzene rings is 1. The lowest BCUT2D eigenvalue weighted by atomic mass is 10.0. The van der Waals surface area contributed by atoms with Crippen LogP contribution in [-0.2, 0) is 13.0 Å². The molecule has 0 spiro atoms. The van der Waals surface area contributed by atoms with Crippen LogP contribution in [0.15, 0.2) is 24.4 Å². The quantitative estimate of drug-likeness (QED) is 0.611. The number of hydrogen-bond donors (Lipinski definition) is 1. The van der Waals surface area contributed by atoms with E-state index in [1.807, 2.05) is 0 Å². The minimum absolute atomic E-state index is 0.680. The molecule has 2 aromatic heterocycles. The van der Waals surface area contributed by atoms with E-state index >= 15 is 0 Å². The van der Waals surface area contributed by atoms with Crippen LogP contribution in [0.5, 0.6) is 5.88 Å². The number of fused-ring (bicyclic) bond motifs is 2. The number of ether oxygens (including phenoxy) is 1. The van der Waals surface area contributed by atoms with Gasteiger partial charge in [-0.2, -0.15) is 4.98 Å². The molecule has 0 amide bonds. The van der Waals surface area contributed by atoms with E-state index in [-0.39, 0.29) is 0 Å². The highest BCUT2D eigenvalue weighted by Crippen LogP contribution is 2.35. The average Bonchev–Trinajstić information content (AvgIpc) is 2.97. The van der Waals surface area contributed by atoms with Gasteiger partial charge in [-0.1, -0.05) is 12.1 Å². The molecule has 124 valence electrons. The number of aromatic nitrogens is 3. The minimum atomic E-state index is 0.680. The standard InChI is InChI=1S/C17H17IN4OS/c1-10-9-22(24-18)14-5-3-4-11(15(10)14)16-20-13-6-7-19-8-12(13)17(21-16)23-2/h3-5,9,19H,6-8H2,1-2H3. The summed E-state index contributed by atoms with van der Waals surface area (Å²) in [5.74, 6) is 1.43. The van der Waals surface area contributed by atoms with Gasteiger partial charge in [0.2, 0.25) is 5.88 Å². The Kier molecular flexibility index (Phi) is 4.40. The van der Waals surface area contributed by atoms with Gasteiger partial charge >= 0.3 is 0 Å². The second-order valence-electron chi connectivity index (χ2n) is 5.82. The van der Waals surface area contributed by atoms with E-state index in [9.17, 15) is 0 Å². The Bertz CT molecular complexity index is 907. The molecule has 5 nitrogen and oxygen atoms in total. The Morgan fingerprint density at radius 1 is 1.33 bits per heavy atom. The van der Waals surface area contributed by atoms with Gasteiger partial charge in [0.05, 0.1) is 18.3 Å². The predicted molar refractivity (Wildman–Crippen MR) is 107 cm³/mol. The van der Waals surface area contributed by atoms with Crippen molar-refractivity contribution in [2.24, 2.45) is 0 Å². The zero-order chi connectivity index (χ0) is 16.7. The largest absolute Gasteiger partial charge is 0.481 e. The maximum absolute atomic E-state index is 5.54. The normalized spacial score (nSPS) is 14.0.